The van der Waals surface area contributed by atoms with Gasteiger partial charge in [0.15, 0.2) is 0 Å². The predicted molar refractivity (Wildman–Crippen MR) is 92.1 cm³/mol. The van der Waals surface area contributed by atoms with Crippen molar-refractivity contribution in [2.45, 2.75) is 13.3 Å². The minimum Gasteiger partial charge on any atom is -0.461 e. The Labute approximate surface area is 152 Å². The van der Waals surface area contributed by atoms with Gasteiger partial charge in [0.25, 0.3) is 0 Å². The van der Waals surface area contributed by atoms with E-state index >= 15 is 0 Å². The van der Waals surface area contributed by atoms with Crippen molar-refractivity contribution < 1.29 is 27.4 Å². The number of hydrogen-bond acceptors (Lipinski definition) is 4. The Hall–Kier alpha value is -3.29. The van der Waals surface area contributed by atoms with Crippen LogP contribution in [0, 0.1) is 0 Å². The molecule has 0 fully saturated rings. The zero-order valence-electron chi connectivity index (χ0n) is 14.2. The summed E-state index contributed by atoms with van der Waals surface area (Å²) in [4.78, 5) is 11.7. The molecule has 0 unspecified atom stereocenters. The van der Waals surface area contributed by atoms with Crippen LogP contribution in [0.4, 0.5) is 13.2 Å². The largest absolute Gasteiger partial charge is 0.573 e. The third-order valence-electron chi connectivity index (χ3n) is 3.66. The molecule has 8 heteroatoms. The highest BCUT2D eigenvalue weighted by atomic mass is 19.4. The topological polar surface area (TPSA) is 64.2 Å². The molecule has 0 saturated heterocycles. The quantitative estimate of drug-likeness (QED) is 0.649. The number of rotatable bonds is 5. The Kier molecular flexibility index (Phi) is 5.16. The van der Waals surface area contributed by atoms with Gasteiger partial charge in [0, 0.05) is 11.1 Å². The number of ether oxygens (including phenoxy) is 2. The van der Waals surface area contributed by atoms with Crippen LogP contribution >= 0.6 is 0 Å². The number of H-pyrrole nitrogens is 1. The number of halogens is 3. The monoisotopic (exact) mass is 376 g/mol. The molecule has 3 rings (SSSR count). The lowest BCUT2D eigenvalue weighted by Crippen LogP contribution is -2.17. The lowest BCUT2D eigenvalue weighted by molar-refractivity contribution is -0.274. The summed E-state index contributed by atoms with van der Waals surface area (Å²) >= 11 is 0. The Balaban J connectivity index is 1.95. The van der Waals surface area contributed by atoms with Gasteiger partial charge >= 0.3 is 12.3 Å². The summed E-state index contributed by atoms with van der Waals surface area (Å²) in [5.74, 6) is -0.826. The van der Waals surface area contributed by atoms with E-state index in [9.17, 15) is 18.0 Å². The second kappa shape index (κ2) is 7.53. The number of aromatic amines is 1. The van der Waals surface area contributed by atoms with Crippen LogP contribution in [0.15, 0.2) is 54.6 Å². The summed E-state index contributed by atoms with van der Waals surface area (Å²) in [6, 6.07) is 14.2. The number of benzene rings is 2. The lowest BCUT2D eigenvalue weighted by Gasteiger charge is -2.13. The Bertz CT molecular complexity index is 951. The molecule has 0 aliphatic rings. The van der Waals surface area contributed by atoms with Crippen molar-refractivity contribution in [2.75, 3.05) is 6.61 Å². The standard InChI is InChI=1S/C19H15F3N2O3/c1-2-26-18(25)16-11-15(23-24-16)13-7-5-6-12(10-13)14-8-3-4-9-17(14)27-19(20,21)22/h3-11H,2H2,1H3,(H,23,24). The van der Waals surface area contributed by atoms with E-state index in [4.69, 9.17) is 4.74 Å². The molecule has 2 aromatic carbocycles. The summed E-state index contributed by atoms with van der Waals surface area (Å²) in [6.45, 7) is 1.93. The molecule has 1 N–H and O–H groups in total. The minimum atomic E-state index is -4.79. The molecule has 0 atom stereocenters. The maximum absolute atomic E-state index is 12.6. The van der Waals surface area contributed by atoms with E-state index < -0.39 is 12.3 Å². The van der Waals surface area contributed by atoms with Gasteiger partial charge < -0.3 is 9.47 Å². The number of alkyl halides is 3. The molecule has 27 heavy (non-hydrogen) atoms. The van der Waals surface area contributed by atoms with Gasteiger partial charge in [-0.3, -0.25) is 5.10 Å². The number of nitrogens with one attached hydrogen (secondary N) is 1. The normalized spacial score (nSPS) is 11.3. The summed E-state index contributed by atoms with van der Waals surface area (Å²) in [7, 11) is 0. The maximum Gasteiger partial charge on any atom is 0.573 e. The van der Waals surface area contributed by atoms with Gasteiger partial charge in [-0.15, -0.1) is 13.2 Å². The first kappa shape index (κ1) is 18.5. The van der Waals surface area contributed by atoms with Crippen molar-refractivity contribution in [3.63, 3.8) is 0 Å². The Morgan fingerprint density at radius 3 is 2.56 bits per heavy atom. The average Bonchev–Trinajstić information content (AvgIpc) is 3.11. The number of hydrogen-bond donors (Lipinski definition) is 1. The van der Waals surface area contributed by atoms with Gasteiger partial charge in [-0.05, 0) is 30.7 Å². The molecule has 0 aliphatic carbocycles. The van der Waals surface area contributed by atoms with Crippen molar-refractivity contribution in [2.24, 2.45) is 0 Å². The van der Waals surface area contributed by atoms with Crippen LogP contribution in [0.2, 0.25) is 0 Å². The molecule has 0 aliphatic heterocycles. The van der Waals surface area contributed by atoms with Crippen LogP contribution in [-0.4, -0.2) is 29.1 Å². The van der Waals surface area contributed by atoms with E-state index in [-0.39, 0.29) is 23.6 Å². The zero-order valence-corrected chi connectivity index (χ0v) is 14.2. The lowest BCUT2D eigenvalue weighted by atomic mass is 10.0. The highest BCUT2D eigenvalue weighted by molar-refractivity contribution is 5.88. The highest BCUT2D eigenvalue weighted by Crippen LogP contribution is 2.35. The van der Waals surface area contributed by atoms with Gasteiger partial charge in [-0.1, -0.05) is 36.4 Å². The second-order valence-corrected chi connectivity index (χ2v) is 5.51. The van der Waals surface area contributed by atoms with Crippen molar-refractivity contribution >= 4 is 5.97 Å². The molecule has 0 saturated carbocycles. The summed E-state index contributed by atoms with van der Waals surface area (Å²) in [5.41, 5.74) is 2.10. The molecule has 0 bridgehead atoms. The fraction of sp³-hybridized carbons (Fsp3) is 0.158. The van der Waals surface area contributed by atoms with Gasteiger partial charge in [0.2, 0.25) is 0 Å². The molecule has 0 amide bonds. The van der Waals surface area contributed by atoms with Gasteiger partial charge in [0.05, 0.1) is 12.3 Å². The van der Waals surface area contributed by atoms with E-state index in [0.717, 1.165) is 0 Å². The first-order valence-electron chi connectivity index (χ1n) is 8.05. The molecule has 3 aromatic rings. The van der Waals surface area contributed by atoms with Crippen LogP contribution in [0.3, 0.4) is 0 Å². The number of esters is 1. The third-order valence-corrected chi connectivity index (χ3v) is 3.66. The maximum atomic E-state index is 12.6. The molecule has 0 spiro atoms. The molecule has 140 valence electrons. The van der Waals surface area contributed by atoms with E-state index in [1.807, 2.05) is 0 Å². The van der Waals surface area contributed by atoms with Crippen molar-refractivity contribution in [1.82, 2.24) is 10.2 Å². The van der Waals surface area contributed by atoms with Gasteiger partial charge in [-0.2, -0.15) is 5.10 Å². The van der Waals surface area contributed by atoms with Gasteiger partial charge in [0.1, 0.15) is 11.4 Å². The molecule has 1 aromatic heterocycles. The van der Waals surface area contributed by atoms with Crippen LogP contribution < -0.4 is 4.74 Å². The smallest absolute Gasteiger partial charge is 0.461 e. The Morgan fingerprint density at radius 2 is 1.81 bits per heavy atom. The number of carbonyl (C=O) groups is 1. The minimum absolute atomic E-state index is 0.193. The Morgan fingerprint density at radius 1 is 1.07 bits per heavy atom. The van der Waals surface area contributed by atoms with Crippen LogP contribution in [0.1, 0.15) is 17.4 Å². The van der Waals surface area contributed by atoms with Crippen molar-refractivity contribution in [3.8, 4) is 28.1 Å². The van der Waals surface area contributed by atoms with Crippen LogP contribution in [-0.2, 0) is 4.74 Å². The van der Waals surface area contributed by atoms with Crippen molar-refractivity contribution in [1.29, 1.82) is 0 Å². The van der Waals surface area contributed by atoms with E-state index in [0.29, 0.717) is 16.8 Å². The fourth-order valence-electron chi connectivity index (χ4n) is 2.55. The molecular weight excluding hydrogens is 361 g/mol. The SMILES string of the molecule is CCOC(=O)c1cc(-c2cccc(-c3ccccc3OC(F)(F)F)c2)n[nH]1. The summed E-state index contributed by atoms with van der Waals surface area (Å²) in [5, 5.41) is 6.66. The van der Waals surface area contributed by atoms with E-state index in [1.54, 1.807) is 37.3 Å². The van der Waals surface area contributed by atoms with Crippen molar-refractivity contribution in [3.05, 3.63) is 60.3 Å². The van der Waals surface area contributed by atoms with Crippen LogP contribution in [0.25, 0.3) is 22.4 Å². The van der Waals surface area contributed by atoms with E-state index in [1.165, 1.54) is 24.3 Å². The number of para-hydroxylation sites is 1. The second-order valence-electron chi connectivity index (χ2n) is 5.51. The molecule has 1 heterocycles. The highest BCUT2D eigenvalue weighted by Gasteiger charge is 2.32. The van der Waals surface area contributed by atoms with Crippen LogP contribution in [0.5, 0.6) is 5.75 Å². The molecule has 5 nitrogen and oxygen atoms in total. The average molecular weight is 376 g/mol. The third kappa shape index (κ3) is 4.46. The number of nitrogens with zero attached hydrogens (tertiary/aromatic N) is 1. The summed E-state index contributed by atoms with van der Waals surface area (Å²) < 4.78 is 46.9. The van der Waals surface area contributed by atoms with Gasteiger partial charge in [-0.25, -0.2) is 4.79 Å². The molecular formula is C19H15F3N2O3. The zero-order chi connectivity index (χ0) is 19.4. The summed E-state index contributed by atoms with van der Waals surface area (Å²) in [6.07, 6.45) is -4.79. The number of carbonyl (C=O) groups excluding carboxylic acids is 1. The first-order valence-corrected chi connectivity index (χ1v) is 8.05. The number of aromatic nitrogens is 2. The predicted octanol–water partition coefficient (Wildman–Crippen LogP) is 4.82. The fourth-order valence-corrected chi connectivity index (χ4v) is 2.55. The first-order chi connectivity index (χ1) is 12.9. The molecule has 0 radical (unpaired) electrons. The van der Waals surface area contributed by atoms with E-state index in [2.05, 4.69) is 14.9 Å².